The number of carbonyl (C=O) groups excluding carboxylic acids is 2. The number of carboxylic acids is 1. The molecule has 1 aromatic heterocycles. The number of carboxylic acid groups (broad SMARTS) is 1. The number of aliphatic carboxylic acids is 1. The number of nitrogens with zero attached hydrogens (tertiary/aromatic N) is 2. The van der Waals surface area contributed by atoms with Gasteiger partial charge in [0, 0.05) is 25.1 Å². The summed E-state index contributed by atoms with van der Waals surface area (Å²) in [5.74, 6) is 0.00512. The largest absolute Gasteiger partial charge is 1.00 e. The predicted molar refractivity (Wildman–Crippen MR) is 149 cm³/mol. The third-order valence-corrected chi connectivity index (χ3v) is 6.85. The molecule has 1 N–H and O–H groups in total. The Bertz CT molecular complexity index is 1340. The summed E-state index contributed by atoms with van der Waals surface area (Å²) in [6.07, 6.45) is 8.66. The van der Waals surface area contributed by atoms with E-state index in [-0.39, 0.29) is 29.6 Å². The number of rotatable bonds is 10. The van der Waals surface area contributed by atoms with Crippen molar-refractivity contribution in [1.29, 1.82) is 0 Å². The van der Waals surface area contributed by atoms with Crippen LogP contribution in [0.5, 0.6) is 0 Å². The fraction of sp³-hybridized carbons (Fsp3) is 0.258. The Balaban J connectivity index is 0.000000352. The first-order valence-electron chi connectivity index (χ1n) is 12.4. The van der Waals surface area contributed by atoms with Gasteiger partial charge in [0.05, 0.1) is 12.2 Å². The number of ether oxygens (including phenoxy) is 1. The maximum atomic E-state index is 11.3. The van der Waals surface area contributed by atoms with Gasteiger partial charge >= 0.3 is 29.6 Å². The molecule has 1 aliphatic carbocycles. The molecule has 0 saturated heterocycles. The predicted octanol–water partition coefficient (Wildman–Crippen LogP) is 1.82. The van der Waals surface area contributed by atoms with Gasteiger partial charge in [-0.25, -0.2) is 0 Å². The summed E-state index contributed by atoms with van der Waals surface area (Å²) in [5.41, 5.74) is 6.45. The van der Waals surface area contributed by atoms with Crippen LogP contribution in [0.15, 0.2) is 90.7 Å². The number of hydrogen-bond acceptors (Lipinski definition) is 6. The van der Waals surface area contributed by atoms with Gasteiger partial charge in [0.2, 0.25) is 0 Å². The average Bonchev–Trinajstić information content (AvgIpc) is 3.68. The van der Waals surface area contributed by atoms with Gasteiger partial charge < -0.3 is 20.0 Å². The fourth-order valence-electron chi connectivity index (χ4n) is 4.25. The second-order valence-electron chi connectivity index (χ2n) is 9.11. The minimum Gasteiger partial charge on any atom is -0.549 e. The zero-order valence-corrected chi connectivity index (χ0v) is 25.4. The van der Waals surface area contributed by atoms with E-state index >= 15 is 0 Å². The number of allylic oxidation sites excluding steroid dienone is 3. The molecular weight excluding hydrogens is 501 g/mol. The van der Waals surface area contributed by atoms with Crippen molar-refractivity contribution in [2.45, 2.75) is 32.1 Å². The number of hydrogen-bond donors (Lipinski definition) is 1. The standard InChI is InChI=1S/C21H21N3O2.C10H14O2.Na/c1-22-19-18(13-23-24(19)2)16-5-3-14(4-6-16)15-7-9-17(10-8-15)21(11-12-21)20(25)26;1-4-6-10(7-12-8-11)9(3)5-2;/h3-10,13,22H,11-12H2,1-2H3,(H,25,26);4-6,8H,1,7H2,2-3H3;/q;;+1/p-1/b;9-5-,10-6-;. The van der Waals surface area contributed by atoms with E-state index in [1.807, 2.05) is 75.2 Å². The summed E-state index contributed by atoms with van der Waals surface area (Å²) in [6.45, 7) is 8.23. The van der Waals surface area contributed by atoms with Crippen LogP contribution in [0.3, 0.4) is 0 Å². The molecular formula is C31H34N3NaO4. The zero-order valence-electron chi connectivity index (χ0n) is 23.4. The number of anilines is 1. The summed E-state index contributed by atoms with van der Waals surface area (Å²) in [4.78, 5) is 21.3. The number of benzene rings is 2. The molecule has 198 valence electrons. The number of aromatic nitrogens is 2. The van der Waals surface area contributed by atoms with E-state index in [9.17, 15) is 14.7 Å². The molecule has 0 radical (unpaired) electrons. The molecule has 4 rings (SSSR count). The van der Waals surface area contributed by atoms with Gasteiger partial charge in [0.15, 0.2) is 0 Å². The van der Waals surface area contributed by atoms with Gasteiger partial charge in [-0.2, -0.15) is 5.10 Å². The van der Waals surface area contributed by atoms with E-state index < -0.39 is 11.4 Å². The summed E-state index contributed by atoms with van der Waals surface area (Å²) in [7, 11) is 3.79. The Morgan fingerprint density at radius 2 is 1.69 bits per heavy atom. The second-order valence-corrected chi connectivity index (χ2v) is 9.11. The van der Waals surface area contributed by atoms with E-state index in [0.717, 1.165) is 44.8 Å². The molecule has 1 heterocycles. The fourth-order valence-corrected chi connectivity index (χ4v) is 4.25. The Morgan fingerprint density at radius 3 is 2.15 bits per heavy atom. The SMILES string of the molecule is C=C/C=C(COC=O)\C(C)=C/C.CNc1c(-c2ccc(-c3ccc(C4(C(=O)[O-])CC4)cc3)cc2)cnn1C.[Na+]. The molecule has 8 heteroatoms. The van der Waals surface area contributed by atoms with Crippen molar-refractivity contribution in [3.8, 4) is 22.3 Å². The van der Waals surface area contributed by atoms with Crippen molar-refractivity contribution in [3.63, 3.8) is 0 Å². The van der Waals surface area contributed by atoms with Crippen LogP contribution in [0, 0.1) is 0 Å². The molecule has 3 aromatic rings. The molecule has 2 aromatic carbocycles. The van der Waals surface area contributed by atoms with Crippen molar-refractivity contribution < 1.29 is 49.0 Å². The van der Waals surface area contributed by atoms with Crippen LogP contribution in [0.25, 0.3) is 22.3 Å². The van der Waals surface area contributed by atoms with E-state index in [0.29, 0.717) is 25.9 Å². The Morgan fingerprint density at radius 1 is 1.13 bits per heavy atom. The van der Waals surface area contributed by atoms with Crippen molar-refractivity contribution in [3.05, 3.63) is 96.2 Å². The summed E-state index contributed by atoms with van der Waals surface area (Å²) >= 11 is 0. The first-order chi connectivity index (χ1) is 18.3. The van der Waals surface area contributed by atoms with Crippen molar-refractivity contribution in [2.24, 2.45) is 7.05 Å². The maximum Gasteiger partial charge on any atom is 1.00 e. The normalized spacial score (nSPS) is 13.7. The molecule has 1 aliphatic rings. The Hall–Kier alpha value is -3.39. The average molecular weight is 536 g/mol. The number of carbonyl (C=O) groups is 2. The molecule has 0 unspecified atom stereocenters. The monoisotopic (exact) mass is 535 g/mol. The molecule has 7 nitrogen and oxygen atoms in total. The first-order valence-corrected chi connectivity index (χ1v) is 12.4. The summed E-state index contributed by atoms with van der Waals surface area (Å²) < 4.78 is 6.45. The molecule has 0 spiro atoms. The molecule has 1 saturated carbocycles. The zero-order chi connectivity index (χ0) is 27.7. The van der Waals surface area contributed by atoms with Crippen LogP contribution >= 0.6 is 0 Å². The van der Waals surface area contributed by atoms with Gasteiger partial charge in [-0.05, 0) is 60.1 Å². The topological polar surface area (TPSA) is 96.3 Å². The molecule has 0 aliphatic heterocycles. The smallest absolute Gasteiger partial charge is 0.549 e. The summed E-state index contributed by atoms with van der Waals surface area (Å²) in [6, 6.07) is 16.1. The van der Waals surface area contributed by atoms with Crippen LogP contribution in [-0.2, 0) is 26.8 Å². The minimum absolute atomic E-state index is 0. The van der Waals surface area contributed by atoms with Gasteiger partial charge in [-0.3, -0.25) is 9.48 Å². The maximum absolute atomic E-state index is 11.3. The molecule has 0 amide bonds. The molecule has 0 atom stereocenters. The number of aryl methyl sites for hydroxylation is 1. The van der Waals surface area contributed by atoms with Crippen LogP contribution in [0.1, 0.15) is 32.3 Å². The van der Waals surface area contributed by atoms with E-state index in [2.05, 4.69) is 46.0 Å². The quantitative estimate of drug-likeness (QED) is 0.242. The Labute approximate surface area is 252 Å². The second kappa shape index (κ2) is 14.7. The first kappa shape index (κ1) is 31.8. The molecule has 1 fully saturated rings. The van der Waals surface area contributed by atoms with Gasteiger partial charge in [-0.15, -0.1) is 0 Å². The minimum atomic E-state index is -0.966. The van der Waals surface area contributed by atoms with E-state index in [4.69, 9.17) is 0 Å². The van der Waals surface area contributed by atoms with Crippen LogP contribution < -0.4 is 40.0 Å². The van der Waals surface area contributed by atoms with Crippen molar-refractivity contribution in [1.82, 2.24) is 9.78 Å². The van der Waals surface area contributed by atoms with Crippen LogP contribution in [-0.4, -0.2) is 35.9 Å². The van der Waals surface area contributed by atoms with Crippen molar-refractivity contribution in [2.75, 3.05) is 19.0 Å². The van der Waals surface area contributed by atoms with Crippen LogP contribution in [0.2, 0.25) is 0 Å². The van der Waals surface area contributed by atoms with Crippen LogP contribution in [0.4, 0.5) is 5.82 Å². The van der Waals surface area contributed by atoms with E-state index in [1.165, 1.54) is 0 Å². The van der Waals surface area contributed by atoms with Gasteiger partial charge in [-0.1, -0.05) is 73.3 Å². The third-order valence-electron chi connectivity index (χ3n) is 6.85. The van der Waals surface area contributed by atoms with Crippen molar-refractivity contribution >= 4 is 18.3 Å². The third kappa shape index (κ3) is 7.60. The van der Waals surface area contributed by atoms with Gasteiger partial charge in [0.25, 0.3) is 6.47 Å². The molecule has 0 bridgehead atoms. The van der Waals surface area contributed by atoms with Gasteiger partial charge in [0.1, 0.15) is 12.4 Å². The Kier molecular flexibility index (Phi) is 12.0. The van der Waals surface area contributed by atoms with E-state index in [1.54, 1.807) is 6.08 Å². The molecule has 39 heavy (non-hydrogen) atoms. The summed E-state index contributed by atoms with van der Waals surface area (Å²) in [5, 5.41) is 18.8. The number of nitrogens with one attached hydrogen (secondary N) is 1.